The largest absolute Gasteiger partial charge is 0.489 e. The van der Waals surface area contributed by atoms with Crippen LogP contribution in [-0.2, 0) is 4.79 Å². The molecule has 3 rings (SSSR count). The van der Waals surface area contributed by atoms with Crippen LogP contribution in [0.15, 0.2) is 42.6 Å². The zero-order chi connectivity index (χ0) is 21.7. The van der Waals surface area contributed by atoms with E-state index in [1.807, 2.05) is 43.3 Å². The van der Waals surface area contributed by atoms with Crippen LogP contribution >= 0.6 is 0 Å². The molecule has 1 aliphatic rings. The average Bonchev–Trinajstić information content (AvgIpc) is 3.15. The SMILES string of the molecule is CC(=O)N[C@@H](C)c1ccc(O[C@@H]2CCN(c3ccnc(OCC(C)(C)C)c3)C2)cc1. The standard InChI is InChI=1S/C24H33N3O3/c1-17(26-18(2)28)19-6-8-21(9-7-19)30-22-11-13-27(15-22)20-10-12-25-23(14-20)29-16-24(3,4)5/h6-10,12,14,17,22H,11,13,15-16H2,1-5H3,(H,26,28)/t17-,22+/m0/s1. The summed E-state index contributed by atoms with van der Waals surface area (Å²) in [6.07, 6.45) is 2.90. The second kappa shape index (κ2) is 9.37. The first kappa shape index (κ1) is 21.9. The summed E-state index contributed by atoms with van der Waals surface area (Å²) in [4.78, 5) is 17.9. The molecule has 0 unspecified atom stereocenters. The number of nitrogens with zero attached hydrogens (tertiary/aromatic N) is 2. The number of amides is 1. The minimum atomic E-state index is -0.0306. The third kappa shape index (κ3) is 6.37. The number of anilines is 1. The summed E-state index contributed by atoms with van der Waals surface area (Å²) >= 11 is 0. The first-order chi connectivity index (χ1) is 14.2. The Morgan fingerprint density at radius 2 is 2.00 bits per heavy atom. The van der Waals surface area contributed by atoms with Crippen molar-refractivity contribution in [3.05, 3.63) is 48.2 Å². The lowest BCUT2D eigenvalue weighted by atomic mass is 9.99. The van der Waals surface area contributed by atoms with Gasteiger partial charge in [-0.3, -0.25) is 4.79 Å². The van der Waals surface area contributed by atoms with Crippen molar-refractivity contribution in [3.63, 3.8) is 0 Å². The number of hydrogen-bond donors (Lipinski definition) is 1. The summed E-state index contributed by atoms with van der Waals surface area (Å²) in [5.41, 5.74) is 2.27. The van der Waals surface area contributed by atoms with Gasteiger partial charge in [0.2, 0.25) is 11.8 Å². The molecular formula is C24H33N3O3. The molecule has 2 aromatic rings. The van der Waals surface area contributed by atoms with Crippen LogP contribution in [0.25, 0.3) is 0 Å². The molecular weight excluding hydrogens is 378 g/mol. The van der Waals surface area contributed by atoms with E-state index in [0.717, 1.165) is 36.5 Å². The highest BCUT2D eigenvalue weighted by Crippen LogP contribution is 2.27. The molecule has 0 saturated carbocycles. The number of rotatable bonds is 7. The van der Waals surface area contributed by atoms with Gasteiger partial charge in [-0.15, -0.1) is 0 Å². The van der Waals surface area contributed by atoms with E-state index in [0.29, 0.717) is 12.5 Å². The van der Waals surface area contributed by atoms with Crippen LogP contribution in [0.3, 0.4) is 0 Å². The molecule has 162 valence electrons. The van der Waals surface area contributed by atoms with Crippen molar-refractivity contribution in [2.24, 2.45) is 5.41 Å². The highest BCUT2D eigenvalue weighted by Gasteiger charge is 2.25. The molecule has 1 saturated heterocycles. The van der Waals surface area contributed by atoms with E-state index < -0.39 is 0 Å². The number of nitrogens with one attached hydrogen (secondary N) is 1. The fourth-order valence-corrected chi connectivity index (χ4v) is 3.44. The minimum Gasteiger partial charge on any atom is -0.489 e. The van der Waals surface area contributed by atoms with Gasteiger partial charge in [0, 0.05) is 37.8 Å². The number of carbonyl (C=O) groups is 1. The molecule has 1 fully saturated rings. The fourth-order valence-electron chi connectivity index (χ4n) is 3.44. The molecule has 1 aliphatic heterocycles. The predicted molar refractivity (Wildman–Crippen MR) is 119 cm³/mol. The zero-order valence-corrected chi connectivity index (χ0v) is 18.6. The minimum absolute atomic E-state index is 0.0140. The van der Waals surface area contributed by atoms with Crippen molar-refractivity contribution in [1.82, 2.24) is 10.3 Å². The van der Waals surface area contributed by atoms with E-state index in [1.165, 1.54) is 6.92 Å². The molecule has 1 amide bonds. The molecule has 0 radical (unpaired) electrons. The number of pyridine rings is 1. The molecule has 1 aromatic heterocycles. The first-order valence-electron chi connectivity index (χ1n) is 10.6. The third-order valence-electron chi connectivity index (χ3n) is 4.98. The van der Waals surface area contributed by atoms with E-state index in [9.17, 15) is 4.79 Å². The Morgan fingerprint density at radius 1 is 1.27 bits per heavy atom. The fraction of sp³-hybridized carbons (Fsp3) is 0.500. The molecule has 6 nitrogen and oxygen atoms in total. The summed E-state index contributed by atoms with van der Waals surface area (Å²) in [6.45, 7) is 12.3. The highest BCUT2D eigenvalue weighted by atomic mass is 16.5. The van der Waals surface area contributed by atoms with E-state index in [2.05, 4.69) is 36.0 Å². The number of carbonyl (C=O) groups excluding carboxylic acids is 1. The monoisotopic (exact) mass is 411 g/mol. The number of ether oxygens (including phenoxy) is 2. The van der Waals surface area contributed by atoms with Crippen molar-refractivity contribution in [3.8, 4) is 11.6 Å². The van der Waals surface area contributed by atoms with Gasteiger partial charge in [0.05, 0.1) is 19.2 Å². The second-order valence-electron chi connectivity index (χ2n) is 9.17. The molecule has 1 aromatic carbocycles. The Morgan fingerprint density at radius 3 is 2.67 bits per heavy atom. The van der Waals surface area contributed by atoms with E-state index in [1.54, 1.807) is 6.20 Å². The number of aromatic nitrogens is 1. The van der Waals surface area contributed by atoms with Gasteiger partial charge in [-0.25, -0.2) is 4.98 Å². The highest BCUT2D eigenvalue weighted by molar-refractivity contribution is 5.73. The normalized spacial score (nSPS) is 17.5. The van der Waals surface area contributed by atoms with E-state index >= 15 is 0 Å². The smallest absolute Gasteiger partial charge is 0.217 e. The topological polar surface area (TPSA) is 63.7 Å². The van der Waals surface area contributed by atoms with Crippen LogP contribution in [0.2, 0.25) is 0 Å². The maximum Gasteiger partial charge on any atom is 0.217 e. The maximum absolute atomic E-state index is 11.2. The van der Waals surface area contributed by atoms with Gasteiger partial charge in [0.25, 0.3) is 0 Å². The molecule has 0 spiro atoms. The van der Waals surface area contributed by atoms with Crippen LogP contribution in [-0.4, -0.2) is 36.7 Å². The van der Waals surface area contributed by atoms with Crippen LogP contribution in [0.1, 0.15) is 52.6 Å². The lowest BCUT2D eigenvalue weighted by Crippen LogP contribution is -2.25. The van der Waals surface area contributed by atoms with E-state index in [-0.39, 0.29) is 23.5 Å². The van der Waals surface area contributed by atoms with Crippen molar-refractivity contribution in [2.45, 2.75) is 53.2 Å². The van der Waals surface area contributed by atoms with Gasteiger partial charge < -0.3 is 19.7 Å². The Labute approximate surface area is 179 Å². The summed E-state index contributed by atoms with van der Waals surface area (Å²) in [6, 6.07) is 12.0. The third-order valence-corrected chi connectivity index (χ3v) is 4.98. The van der Waals surface area contributed by atoms with Gasteiger partial charge in [0.1, 0.15) is 11.9 Å². The van der Waals surface area contributed by atoms with Crippen LogP contribution < -0.4 is 19.7 Å². The molecule has 0 bridgehead atoms. The number of hydrogen-bond acceptors (Lipinski definition) is 5. The van der Waals surface area contributed by atoms with Gasteiger partial charge >= 0.3 is 0 Å². The maximum atomic E-state index is 11.2. The molecule has 30 heavy (non-hydrogen) atoms. The van der Waals surface area contributed by atoms with Crippen molar-refractivity contribution in [2.75, 3.05) is 24.6 Å². The van der Waals surface area contributed by atoms with Crippen molar-refractivity contribution >= 4 is 11.6 Å². The molecule has 0 aliphatic carbocycles. The van der Waals surface area contributed by atoms with Crippen LogP contribution in [0.5, 0.6) is 11.6 Å². The lowest BCUT2D eigenvalue weighted by Gasteiger charge is -2.21. The Bertz CT molecular complexity index is 846. The second-order valence-corrected chi connectivity index (χ2v) is 9.17. The first-order valence-corrected chi connectivity index (χ1v) is 10.6. The Balaban J connectivity index is 1.55. The van der Waals surface area contributed by atoms with Crippen molar-refractivity contribution in [1.29, 1.82) is 0 Å². The Kier molecular flexibility index (Phi) is 6.85. The van der Waals surface area contributed by atoms with Crippen LogP contribution in [0, 0.1) is 5.41 Å². The van der Waals surface area contributed by atoms with E-state index in [4.69, 9.17) is 9.47 Å². The molecule has 6 heteroatoms. The lowest BCUT2D eigenvalue weighted by molar-refractivity contribution is -0.119. The van der Waals surface area contributed by atoms with Gasteiger partial charge in [0.15, 0.2) is 0 Å². The summed E-state index contributed by atoms with van der Waals surface area (Å²) in [5, 5.41) is 2.90. The summed E-state index contributed by atoms with van der Waals surface area (Å²) in [5.74, 6) is 1.48. The van der Waals surface area contributed by atoms with Crippen LogP contribution in [0.4, 0.5) is 5.69 Å². The molecule has 2 atom stereocenters. The van der Waals surface area contributed by atoms with Gasteiger partial charge in [-0.2, -0.15) is 0 Å². The molecule has 2 heterocycles. The predicted octanol–water partition coefficient (Wildman–Crippen LogP) is 4.36. The number of benzene rings is 1. The summed E-state index contributed by atoms with van der Waals surface area (Å²) < 4.78 is 12.0. The zero-order valence-electron chi connectivity index (χ0n) is 18.6. The van der Waals surface area contributed by atoms with Crippen molar-refractivity contribution < 1.29 is 14.3 Å². The summed E-state index contributed by atoms with van der Waals surface area (Å²) in [7, 11) is 0. The average molecular weight is 412 g/mol. The quantitative estimate of drug-likeness (QED) is 0.733. The Hall–Kier alpha value is -2.76. The van der Waals surface area contributed by atoms with Gasteiger partial charge in [-0.05, 0) is 36.1 Å². The van der Waals surface area contributed by atoms with Gasteiger partial charge in [-0.1, -0.05) is 32.9 Å². The molecule has 1 N–H and O–H groups in total.